The van der Waals surface area contributed by atoms with Crippen molar-refractivity contribution in [3.05, 3.63) is 41.7 Å². The van der Waals surface area contributed by atoms with Gasteiger partial charge in [-0.1, -0.05) is 39.0 Å². The summed E-state index contributed by atoms with van der Waals surface area (Å²) in [6.07, 6.45) is 1.93. The highest BCUT2D eigenvalue weighted by molar-refractivity contribution is 5.54. The van der Waals surface area contributed by atoms with Crippen LogP contribution in [-0.2, 0) is 19.0 Å². The minimum atomic E-state index is 0.130. The highest BCUT2D eigenvalue weighted by Gasteiger charge is 2.17. The molecule has 1 N–H and O–H groups in total. The number of nitrogens with zero attached hydrogens (tertiary/aromatic N) is 3. The fraction of sp³-hybridized carbons (Fsp3) is 0.471. The van der Waals surface area contributed by atoms with Crippen molar-refractivity contribution in [2.45, 2.75) is 32.7 Å². The Labute approximate surface area is 127 Å². The van der Waals surface area contributed by atoms with Gasteiger partial charge in [-0.15, -0.1) is 0 Å². The largest absolute Gasteiger partial charge is 0.379 e. The summed E-state index contributed by atoms with van der Waals surface area (Å²) in [4.78, 5) is 6.47. The molecule has 0 amide bonds. The zero-order chi connectivity index (χ0) is 15.6. The lowest BCUT2D eigenvalue weighted by Crippen LogP contribution is -2.17. The zero-order valence-electron chi connectivity index (χ0n) is 13.9. The smallest absolute Gasteiger partial charge is 0.204 e. The van der Waals surface area contributed by atoms with Crippen LogP contribution in [-0.4, -0.2) is 23.6 Å². The van der Waals surface area contributed by atoms with E-state index in [4.69, 9.17) is 0 Å². The van der Waals surface area contributed by atoms with E-state index in [0.29, 0.717) is 0 Å². The number of imidazole rings is 1. The molecule has 114 valence electrons. The van der Waals surface area contributed by atoms with E-state index in [9.17, 15) is 0 Å². The first-order valence-electron chi connectivity index (χ1n) is 7.32. The van der Waals surface area contributed by atoms with E-state index in [-0.39, 0.29) is 5.41 Å². The second kappa shape index (κ2) is 5.80. The molecular formula is C17H26N4. The molecule has 0 atom stereocenters. The number of rotatable bonds is 4. The van der Waals surface area contributed by atoms with Crippen LogP contribution in [0.25, 0.3) is 0 Å². The van der Waals surface area contributed by atoms with E-state index in [1.54, 1.807) is 0 Å². The van der Waals surface area contributed by atoms with Crippen LogP contribution < -0.4 is 10.2 Å². The SMILES string of the molecule is CN(C)c1ncc(CNc2ccccc2C(C)(C)C)n1C. The maximum absolute atomic E-state index is 4.45. The van der Waals surface area contributed by atoms with Crippen molar-refractivity contribution in [3.8, 4) is 0 Å². The predicted octanol–water partition coefficient (Wildman–Crippen LogP) is 3.40. The van der Waals surface area contributed by atoms with Crippen LogP contribution in [0.4, 0.5) is 11.6 Å². The molecule has 1 aromatic heterocycles. The molecule has 0 bridgehead atoms. The first-order chi connectivity index (χ1) is 9.80. The third kappa shape index (κ3) is 3.38. The van der Waals surface area contributed by atoms with Crippen LogP contribution in [0.5, 0.6) is 0 Å². The first kappa shape index (κ1) is 15.4. The minimum Gasteiger partial charge on any atom is -0.379 e. The van der Waals surface area contributed by atoms with Crippen LogP contribution >= 0.6 is 0 Å². The van der Waals surface area contributed by atoms with E-state index in [1.165, 1.54) is 16.9 Å². The Hall–Kier alpha value is -1.97. The van der Waals surface area contributed by atoms with Crippen molar-refractivity contribution in [3.63, 3.8) is 0 Å². The van der Waals surface area contributed by atoms with Gasteiger partial charge in [0, 0.05) is 26.8 Å². The molecule has 4 nitrogen and oxygen atoms in total. The fourth-order valence-electron chi connectivity index (χ4n) is 2.49. The van der Waals surface area contributed by atoms with Crippen LogP contribution in [0.3, 0.4) is 0 Å². The number of hydrogen-bond donors (Lipinski definition) is 1. The first-order valence-corrected chi connectivity index (χ1v) is 7.32. The average Bonchev–Trinajstić information content (AvgIpc) is 2.77. The number of nitrogens with one attached hydrogen (secondary N) is 1. The molecule has 21 heavy (non-hydrogen) atoms. The van der Waals surface area contributed by atoms with Crippen molar-refractivity contribution in [1.29, 1.82) is 0 Å². The van der Waals surface area contributed by atoms with Gasteiger partial charge in [0.2, 0.25) is 5.95 Å². The van der Waals surface area contributed by atoms with Gasteiger partial charge in [0.05, 0.1) is 18.4 Å². The second-order valence-corrected chi connectivity index (χ2v) is 6.65. The number of para-hydroxylation sites is 1. The Morgan fingerprint density at radius 3 is 2.43 bits per heavy atom. The molecular weight excluding hydrogens is 260 g/mol. The summed E-state index contributed by atoms with van der Waals surface area (Å²) in [5.41, 5.74) is 3.82. The number of aromatic nitrogens is 2. The van der Waals surface area contributed by atoms with Crippen molar-refractivity contribution >= 4 is 11.6 Å². The Bertz CT molecular complexity index is 605. The van der Waals surface area contributed by atoms with E-state index in [2.05, 4.69) is 67.0 Å². The van der Waals surface area contributed by atoms with E-state index in [0.717, 1.165) is 12.5 Å². The second-order valence-electron chi connectivity index (χ2n) is 6.65. The highest BCUT2D eigenvalue weighted by atomic mass is 15.3. The molecule has 1 aromatic carbocycles. The van der Waals surface area contributed by atoms with Crippen LogP contribution in [0.2, 0.25) is 0 Å². The average molecular weight is 286 g/mol. The molecule has 0 fully saturated rings. The van der Waals surface area contributed by atoms with Crippen molar-refractivity contribution in [2.24, 2.45) is 7.05 Å². The normalized spacial score (nSPS) is 11.5. The lowest BCUT2D eigenvalue weighted by Gasteiger charge is -2.23. The van der Waals surface area contributed by atoms with Gasteiger partial charge in [-0.2, -0.15) is 0 Å². The molecule has 4 heteroatoms. The fourth-order valence-corrected chi connectivity index (χ4v) is 2.49. The Kier molecular flexibility index (Phi) is 4.26. The molecule has 1 heterocycles. The van der Waals surface area contributed by atoms with E-state index < -0.39 is 0 Å². The molecule has 2 aromatic rings. The van der Waals surface area contributed by atoms with Gasteiger partial charge in [0.25, 0.3) is 0 Å². The molecule has 0 saturated carbocycles. The number of anilines is 2. The summed E-state index contributed by atoms with van der Waals surface area (Å²) in [6.45, 7) is 7.48. The summed E-state index contributed by atoms with van der Waals surface area (Å²) in [7, 11) is 6.07. The summed E-state index contributed by atoms with van der Waals surface area (Å²) < 4.78 is 2.12. The molecule has 2 rings (SSSR count). The molecule has 0 spiro atoms. The van der Waals surface area contributed by atoms with E-state index in [1.807, 2.05) is 25.2 Å². The molecule has 0 unspecified atom stereocenters. The molecule has 0 radical (unpaired) electrons. The summed E-state index contributed by atoms with van der Waals surface area (Å²) in [5.74, 6) is 0.968. The standard InChI is InChI=1S/C17H26N4/c1-17(2,3)14-9-7-8-10-15(14)18-11-13-12-19-16(20(4)5)21(13)6/h7-10,12,18H,11H2,1-6H3. The van der Waals surface area contributed by atoms with Crippen LogP contribution in [0.1, 0.15) is 32.0 Å². The predicted molar refractivity (Wildman–Crippen MR) is 90.0 cm³/mol. The van der Waals surface area contributed by atoms with E-state index >= 15 is 0 Å². The Balaban J connectivity index is 2.18. The lowest BCUT2D eigenvalue weighted by atomic mass is 9.86. The van der Waals surface area contributed by atoms with Gasteiger partial charge in [0.1, 0.15) is 0 Å². The Morgan fingerprint density at radius 1 is 1.19 bits per heavy atom. The molecule has 0 aliphatic heterocycles. The lowest BCUT2D eigenvalue weighted by molar-refractivity contribution is 0.591. The molecule has 0 saturated heterocycles. The van der Waals surface area contributed by atoms with Gasteiger partial charge < -0.3 is 14.8 Å². The zero-order valence-corrected chi connectivity index (χ0v) is 13.9. The van der Waals surface area contributed by atoms with Gasteiger partial charge in [-0.25, -0.2) is 4.98 Å². The quantitative estimate of drug-likeness (QED) is 0.935. The summed E-state index contributed by atoms with van der Waals surface area (Å²) in [5, 5.41) is 3.55. The molecule has 0 aliphatic rings. The summed E-state index contributed by atoms with van der Waals surface area (Å²) in [6, 6.07) is 8.51. The topological polar surface area (TPSA) is 33.1 Å². The Morgan fingerprint density at radius 2 is 1.86 bits per heavy atom. The van der Waals surface area contributed by atoms with Crippen molar-refractivity contribution in [2.75, 3.05) is 24.3 Å². The van der Waals surface area contributed by atoms with Gasteiger partial charge >= 0.3 is 0 Å². The number of benzene rings is 1. The maximum Gasteiger partial charge on any atom is 0.204 e. The van der Waals surface area contributed by atoms with Gasteiger partial charge in [-0.3, -0.25) is 0 Å². The third-order valence-electron chi connectivity index (χ3n) is 3.65. The van der Waals surface area contributed by atoms with Crippen molar-refractivity contribution < 1.29 is 0 Å². The summed E-state index contributed by atoms with van der Waals surface area (Å²) >= 11 is 0. The highest BCUT2D eigenvalue weighted by Crippen LogP contribution is 2.29. The van der Waals surface area contributed by atoms with Gasteiger partial charge in [0.15, 0.2) is 0 Å². The molecule has 0 aliphatic carbocycles. The number of hydrogen-bond acceptors (Lipinski definition) is 3. The maximum atomic E-state index is 4.45. The monoisotopic (exact) mass is 286 g/mol. The third-order valence-corrected chi connectivity index (χ3v) is 3.65. The van der Waals surface area contributed by atoms with Crippen molar-refractivity contribution in [1.82, 2.24) is 9.55 Å². The van der Waals surface area contributed by atoms with Crippen LogP contribution in [0.15, 0.2) is 30.5 Å². The minimum absolute atomic E-state index is 0.130. The van der Waals surface area contributed by atoms with Crippen LogP contribution in [0, 0.1) is 0 Å². The van der Waals surface area contributed by atoms with Gasteiger partial charge in [-0.05, 0) is 17.0 Å².